The maximum absolute atomic E-state index is 12.8. The first-order valence-corrected chi connectivity index (χ1v) is 13.3. The summed E-state index contributed by atoms with van der Waals surface area (Å²) in [5.74, 6) is 0.141. The van der Waals surface area contributed by atoms with E-state index in [1.54, 1.807) is 42.5 Å². The zero-order valence-electron chi connectivity index (χ0n) is 20.1. The molecule has 0 aliphatic heterocycles. The van der Waals surface area contributed by atoms with Gasteiger partial charge < -0.3 is 16.0 Å². The molecule has 0 unspecified atom stereocenters. The molecule has 0 heterocycles. The maximum atomic E-state index is 12.8. The van der Waals surface area contributed by atoms with Gasteiger partial charge in [0.05, 0.1) is 11.4 Å². The number of primary sulfonamides is 1. The van der Waals surface area contributed by atoms with E-state index in [9.17, 15) is 13.2 Å². The fraction of sp³-hybridized carbons (Fsp3) is 0.192. The SMILES string of the molecule is CCC(=S)N=C(N)c1cccc(N(CC)CC(=O)Nc2ccc(-c3ccccc3S(N)(=O)=O)cc2)c1. The molecule has 0 saturated heterocycles. The molecule has 3 aromatic rings. The third-order valence-electron chi connectivity index (χ3n) is 5.44. The number of hydrogen-bond acceptors (Lipinski definition) is 5. The third kappa shape index (κ3) is 6.97. The maximum Gasteiger partial charge on any atom is 0.243 e. The first-order chi connectivity index (χ1) is 17.1. The summed E-state index contributed by atoms with van der Waals surface area (Å²) in [7, 11) is -3.87. The number of nitrogens with one attached hydrogen (secondary N) is 1. The first kappa shape index (κ1) is 27.0. The van der Waals surface area contributed by atoms with Crippen LogP contribution in [-0.4, -0.2) is 38.2 Å². The highest BCUT2D eigenvalue weighted by Gasteiger charge is 2.15. The molecule has 36 heavy (non-hydrogen) atoms. The Kier molecular flexibility index (Phi) is 8.92. The van der Waals surface area contributed by atoms with Crippen molar-refractivity contribution in [2.75, 3.05) is 23.3 Å². The molecule has 188 valence electrons. The summed E-state index contributed by atoms with van der Waals surface area (Å²) in [6.45, 7) is 4.61. The van der Waals surface area contributed by atoms with Gasteiger partial charge in [-0.25, -0.2) is 18.5 Å². The molecule has 3 rings (SSSR count). The summed E-state index contributed by atoms with van der Waals surface area (Å²) in [5, 5.41) is 8.22. The molecule has 10 heteroatoms. The zero-order valence-corrected chi connectivity index (χ0v) is 21.8. The fourth-order valence-electron chi connectivity index (χ4n) is 3.59. The highest BCUT2D eigenvalue weighted by atomic mass is 32.2. The molecule has 0 aromatic heterocycles. The highest BCUT2D eigenvalue weighted by molar-refractivity contribution is 7.89. The van der Waals surface area contributed by atoms with Crippen LogP contribution in [0.5, 0.6) is 0 Å². The van der Waals surface area contributed by atoms with E-state index in [0.717, 1.165) is 11.3 Å². The van der Waals surface area contributed by atoms with Gasteiger partial charge in [-0.05, 0) is 49.2 Å². The average molecular weight is 524 g/mol. The van der Waals surface area contributed by atoms with Crippen molar-refractivity contribution in [3.8, 4) is 11.1 Å². The summed E-state index contributed by atoms with van der Waals surface area (Å²) >= 11 is 5.15. The Morgan fingerprint density at radius 1 is 1.03 bits per heavy atom. The van der Waals surface area contributed by atoms with Gasteiger partial charge in [0, 0.05) is 29.0 Å². The van der Waals surface area contributed by atoms with Crippen LogP contribution in [0.1, 0.15) is 25.8 Å². The molecule has 8 nitrogen and oxygen atoms in total. The van der Waals surface area contributed by atoms with Gasteiger partial charge in [-0.15, -0.1) is 0 Å². The minimum absolute atomic E-state index is 0.0461. The number of carbonyl (C=O) groups excluding carboxylic acids is 1. The van der Waals surface area contributed by atoms with Gasteiger partial charge in [-0.1, -0.05) is 61.6 Å². The lowest BCUT2D eigenvalue weighted by Gasteiger charge is -2.23. The minimum Gasteiger partial charge on any atom is -0.383 e. The van der Waals surface area contributed by atoms with E-state index in [2.05, 4.69) is 10.3 Å². The fourth-order valence-corrected chi connectivity index (χ4v) is 4.44. The number of amidine groups is 1. The number of carbonyl (C=O) groups is 1. The quantitative estimate of drug-likeness (QED) is 0.221. The number of amides is 1. The number of aliphatic imine (C=N–C) groups is 1. The predicted molar refractivity (Wildman–Crippen MR) is 150 cm³/mol. The highest BCUT2D eigenvalue weighted by Crippen LogP contribution is 2.27. The lowest BCUT2D eigenvalue weighted by atomic mass is 10.1. The number of rotatable bonds is 9. The lowest BCUT2D eigenvalue weighted by molar-refractivity contribution is -0.115. The molecule has 0 radical (unpaired) electrons. The van der Waals surface area contributed by atoms with Crippen LogP contribution in [-0.2, 0) is 14.8 Å². The van der Waals surface area contributed by atoms with E-state index in [1.807, 2.05) is 43.0 Å². The van der Waals surface area contributed by atoms with Gasteiger partial charge in [0.2, 0.25) is 15.9 Å². The van der Waals surface area contributed by atoms with Crippen molar-refractivity contribution in [2.24, 2.45) is 15.9 Å². The standard InChI is InChI=1S/C26H29N5O3S2/c1-3-25(35)30-26(27)19-8-7-9-21(16-19)31(4-2)17-24(32)29-20-14-12-18(13-15-20)22-10-5-6-11-23(22)36(28,33)34/h5-16H,3-4,17H2,1-2H3,(H,29,32)(H2,27,30,35)(H2,28,33,34). The minimum atomic E-state index is -3.87. The average Bonchev–Trinajstić information content (AvgIpc) is 2.87. The molecule has 0 aliphatic rings. The second kappa shape index (κ2) is 11.9. The Bertz CT molecular complexity index is 1390. The number of nitrogens with two attached hydrogens (primary N) is 2. The Balaban J connectivity index is 1.72. The lowest BCUT2D eigenvalue weighted by Crippen LogP contribution is -2.33. The van der Waals surface area contributed by atoms with E-state index in [-0.39, 0.29) is 17.3 Å². The van der Waals surface area contributed by atoms with Crippen molar-refractivity contribution in [1.82, 2.24) is 0 Å². The number of nitrogens with zero attached hydrogens (tertiary/aromatic N) is 2. The van der Waals surface area contributed by atoms with Crippen molar-refractivity contribution >= 4 is 50.3 Å². The molecule has 5 N–H and O–H groups in total. The molecule has 0 spiro atoms. The van der Waals surface area contributed by atoms with E-state index in [4.69, 9.17) is 23.1 Å². The Hall–Kier alpha value is -3.60. The van der Waals surface area contributed by atoms with Crippen LogP contribution in [0.25, 0.3) is 11.1 Å². The van der Waals surface area contributed by atoms with Crippen LogP contribution in [0.15, 0.2) is 82.7 Å². The van der Waals surface area contributed by atoms with Gasteiger partial charge in [-0.2, -0.15) is 0 Å². The number of thiocarbonyl (C=S) groups is 1. The van der Waals surface area contributed by atoms with Crippen molar-refractivity contribution in [2.45, 2.75) is 25.2 Å². The smallest absolute Gasteiger partial charge is 0.243 e. The van der Waals surface area contributed by atoms with Crippen LogP contribution < -0.4 is 21.1 Å². The third-order valence-corrected chi connectivity index (χ3v) is 6.79. The monoisotopic (exact) mass is 523 g/mol. The first-order valence-electron chi connectivity index (χ1n) is 11.4. The van der Waals surface area contributed by atoms with Crippen LogP contribution in [0.3, 0.4) is 0 Å². The summed E-state index contributed by atoms with van der Waals surface area (Å²) in [6.07, 6.45) is 0.636. The molecular formula is C26H29N5O3S2. The molecule has 0 saturated carbocycles. The molecular weight excluding hydrogens is 494 g/mol. The number of hydrogen-bond donors (Lipinski definition) is 3. The molecule has 0 atom stereocenters. The van der Waals surface area contributed by atoms with Crippen molar-refractivity contribution in [1.29, 1.82) is 0 Å². The van der Waals surface area contributed by atoms with E-state index in [1.165, 1.54) is 6.07 Å². The summed E-state index contributed by atoms with van der Waals surface area (Å²) in [4.78, 5) is 19.5. The van der Waals surface area contributed by atoms with E-state index >= 15 is 0 Å². The molecule has 1 amide bonds. The Morgan fingerprint density at radius 3 is 2.36 bits per heavy atom. The van der Waals surface area contributed by atoms with Gasteiger partial charge in [0.25, 0.3) is 0 Å². The van der Waals surface area contributed by atoms with E-state index < -0.39 is 10.0 Å². The number of benzene rings is 3. The van der Waals surface area contributed by atoms with Crippen LogP contribution in [0.4, 0.5) is 11.4 Å². The summed E-state index contributed by atoms with van der Waals surface area (Å²) < 4.78 is 23.8. The second-order valence-electron chi connectivity index (χ2n) is 7.98. The van der Waals surface area contributed by atoms with Crippen LogP contribution in [0.2, 0.25) is 0 Å². The van der Waals surface area contributed by atoms with Gasteiger partial charge >= 0.3 is 0 Å². The largest absolute Gasteiger partial charge is 0.383 e. The molecule has 0 bridgehead atoms. The van der Waals surface area contributed by atoms with Crippen molar-refractivity contribution in [3.63, 3.8) is 0 Å². The van der Waals surface area contributed by atoms with Gasteiger partial charge in [-0.3, -0.25) is 4.79 Å². The number of anilines is 2. The predicted octanol–water partition coefficient (Wildman–Crippen LogP) is 3.91. The number of sulfonamides is 1. The Morgan fingerprint density at radius 2 is 1.72 bits per heavy atom. The van der Waals surface area contributed by atoms with E-state index in [0.29, 0.717) is 40.6 Å². The second-order valence-corrected chi connectivity index (χ2v) is 9.98. The van der Waals surface area contributed by atoms with Crippen LogP contribution >= 0.6 is 12.2 Å². The van der Waals surface area contributed by atoms with Gasteiger partial charge in [0.15, 0.2) is 0 Å². The molecule has 3 aromatic carbocycles. The molecule has 0 fully saturated rings. The topological polar surface area (TPSA) is 131 Å². The number of likely N-dealkylation sites (N-methyl/N-ethyl adjacent to an activating group) is 1. The van der Waals surface area contributed by atoms with Crippen LogP contribution in [0, 0.1) is 0 Å². The Labute approximate surface area is 217 Å². The summed E-state index contributed by atoms with van der Waals surface area (Å²) in [5.41, 5.74) is 9.42. The molecule has 0 aliphatic carbocycles. The van der Waals surface area contributed by atoms with Crippen molar-refractivity contribution in [3.05, 3.63) is 78.4 Å². The normalized spacial score (nSPS) is 11.7. The summed E-state index contributed by atoms with van der Waals surface area (Å²) in [6, 6.07) is 20.9. The van der Waals surface area contributed by atoms with Gasteiger partial charge in [0.1, 0.15) is 10.8 Å². The zero-order chi connectivity index (χ0) is 26.3. The van der Waals surface area contributed by atoms with Crippen molar-refractivity contribution < 1.29 is 13.2 Å².